The number of esters is 1. The van der Waals surface area contributed by atoms with E-state index in [-0.39, 0.29) is 5.97 Å². The number of ether oxygens (including phenoxy) is 2. The lowest BCUT2D eigenvalue weighted by Crippen LogP contribution is -2.04. The second kappa shape index (κ2) is 9.62. The number of carbonyl (C=O) groups is 1. The van der Waals surface area contributed by atoms with Crippen molar-refractivity contribution in [3.8, 4) is 5.88 Å². The summed E-state index contributed by atoms with van der Waals surface area (Å²) >= 11 is 0. The van der Waals surface area contributed by atoms with Gasteiger partial charge in [-0.05, 0) is 43.5 Å². The van der Waals surface area contributed by atoms with Crippen molar-refractivity contribution in [1.29, 1.82) is 0 Å². The highest BCUT2D eigenvalue weighted by Crippen LogP contribution is 2.20. The summed E-state index contributed by atoms with van der Waals surface area (Å²) in [5.74, 6) is 0.422. The maximum Gasteiger partial charge on any atom is 0.333 e. The zero-order chi connectivity index (χ0) is 18.1. The van der Waals surface area contributed by atoms with Gasteiger partial charge in [0.1, 0.15) is 0 Å². The topological polar surface area (TPSA) is 48.4 Å². The van der Waals surface area contributed by atoms with Gasteiger partial charge in [-0.25, -0.2) is 9.78 Å². The van der Waals surface area contributed by atoms with Gasteiger partial charge in [-0.1, -0.05) is 37.3 Å². The molecule has 2 aromatic rings. The van der Waals surface area contributed by atoms with Gasteiger partial charge in [0.15, 0.2) is 0 Å². The van der Waals surface area contributed by atoms with E-state index in [2.05, 4.69) is 24.0 Å². The van der Waals surface area contributed by atoms with Crippen molar-refractivity contribution < 1.29 is 14.3 Å². The van der Waals surface area contributed by atoms with Crippen LogP contribution in [0.1, 0.15) is 43.9 Å². The summed E-state index contributed by atoms with van der Waals surface area (Å²) < 4.78 is 10.7. The minimum absolute atomic E-state index is 0.278. The van der Waals surface area contributed by atoms with Crippen LogP contribution in [0, 0.1) is 0 Å². The van der Waals surface area contributed by atoms with Crippen LogP contribution in [0.4, 0.5) is 0 Å². The molecule has 0 bridgehead atoms. The first-order chi connectivity index (χ1) is 12.1. The zero-order valence-electron chi connectivity index (χ0n) is 15.1. The molecular formula is C21H25NO3. The third kappa shape index (κ3) is 5.75. The molecule has 0 aliphatic rings. The predicted octanol–water partition coefficient (Wildman–Crippen LogP) is 4.43. The Morgan fingerprint density at radius 3 is 2.60 bits per heavy atom. The lowest BCUT2D eigenvalue weighted by atomic mass is 10.0. The Bertz CT molecular complexity index is 720. The highest BCUT2D eigenvalue weighted by molar-refractivity contribution is 5.92. The summed E-state index contributed by atoms with van der Waals surface area (Å²) in [6.07, 6.45) is 5.30. The quantitative estimate of drug-likeness (QED) is 0.527. The third-order valence-electron chi connectivity index (χ3n) is 3.65. The fourth-order valence-electron chi connectivity index (χ4n) is 2.39. The molecule has 0 N–H and O–H groups in total. The van der Waals surface area contributed by atoms with E-state index in [1.54, 1.807) is 20.0 Å². The van der Waals surface area contributed by atoms with Crippen molar-refractivity contribution in [2.24, 2.45) is 0 Å². The van der Waals surface area contributed by atoms with Gasteiger partial charge in [-0.3, -0.25) is 0 Å². The van der Waals surface area contributed by atoms with E-state index in [1.807, 2.05) is 30.3 Å². The molecule has 0 amide bonds. The molecule has 0 radical (unpaired) electrons. The second-order valence-corrected chi connectivity index (χ2v) is 5.78. The van der Waals surface area contributed by atoms with Crippen LogP contribution >= 0.6 is 0 Å². The maximum absolute atomic E-state index is 11.7. The van der Waals surface area contributed by atoms with Crippen LogP contribution in [-0.2, 0) is 16.0 Å². The van der Waals surface area contributed by atoms with Crippen LogP contribution in [0.25, 0.3) is 6.08 Å². The number of rotatable bonds is 8. The minimum atomic E-state index is -0.278. The Labute approximate surface area is 149 Å². The molecule has 0 fully saturated rings. The van der Waals surface area contributed by atoms with Gasteiger partial charge in [-0.2, -0.15) is 0 Å². The largest absolute Gasteiger partial charge is 0.477 e. The second-order valence-electron chi connectivity index (χ2n) is 5.78. The van der Waals surface area contributed by atoms with E-state index in [4.69, 9.17) is 9.47 Å². The third-order valence-corrected chi connectivity index (χ3v) is 3.65. The first-order valence-corrected chi connectivity index (χ1v) is 8.65. The lowest BCUT2D eigenvalue weighted by Gasteiger charge is -2.09. The number of hydrogen-bond acceptors (Lipinski definition) is 4. The summed E-state index contributed by atoms with van der Waals surface area (Å²) in [5, 5.41) is 0. The molecule has 132 valence electrons. The van der Waals surface area contributed by atoms with E-state index < -0.39 is 0 Å². The predicted molar refractivity (Wildman–Crippen MR) is 99.6 cm³/mol. The molecule has 1 aromatic heterocycles. The highest BCUT2D eigenvalue weighted by Gasteiger charge is 2.07. The molecule has 25 heavy (non-hydrogen) atoms. The number of pyridine rings is 1. The van der Waals surface area contributed by atoms with Gasteiger partial charge in [0.25, 0.3) is 0 Å². The average molecular weight is 339 g/mol. The van der Waals surface area contributed by atoms with Crippen molar-refractivity contribution in [2.45, 2.75) is 33.6 Å². The summed E-state index contributed by atoms with van der Waals surface area (Å²) in [7, 11) is 0. The Morgan fingerprint density at radius 2 is 1.92 bits per heavy atom. The normalized spacial score (nSPS) is 11.2. The molecule has 2 rings (SSSR count). The van der Waals surface area contributed by atoms with Gasteiger partial charge < -0.3 is 9.47 Å². The first kappa shape index (κ1) is 18.7. The van der Waals surface area contributed by atoms with Gasteiger partial charge in [0.05, 0.1) is 13.2 Å². The number of benzene rings is 1. The number of hydrogen-bond donors (Lipinski definition) is 0. The van der Waals surface area contributed by atoms with Crippen molar-refractivity contribution in [3.63, 3.8) is 0 Å². The van der Waals surface area contributed by atoms with Crippen LogP contribution in [0.5, 0.6) is 5.88 Å². The Morgan fingerprint density at radius 1 is 1.16 bits per heavy atom. The Kier molecular flexibility index (Phi) is 7.20. The van der Waals surface area contributed by atoms with E-state index in [0.29, 0.717) is 24.7 Å². The van der Waals surface area contributed by atoms with E-state index >= 15 is 0 Å². The molecule has 1 aromatic carbocycles. The summed E-state index contributed by atoms with van der Waals surface area (Å²) in [6.45, 7) is 6.69. The molecule has 0 saturated carbocycles. The van der Waals surface area contributed by atoms with Gasteiger partial charge in [-0.15, -0.1) is 0 Å². The summed E-state index contributed by atoms with van der Waals surface area (Å²) in [5.41, 5.74) is 3.81. The molecule has 0 unspecified atom stereocenters. The van der Waals surface area contributed by atoms with Crippen LogP contribution in [-0.4, -0.2) is 24.2 Å². The number of nitrogens with zero attached hydrogens (tertiary/aromatic N) is 1. The zero-order valence-corrected chi connectivity index (χ0v) is 15.1. The van der Waals surface area contributed by atoms with E-state index in [0.717, 1.165) is 24.0 Å². The van der Waals surface area contributed by atoms with Crippen LogP contribution < -0.4 is 4.74 Å². The lowest BCUT2D eigenvalue weighted by molar-refractivity contribution is -0.138. The monoisotopic (exact) mass is 339 g/mol. The Balaban J connectivity index is 2.08. The molecule has 0 atom stereocenters. The number of aromatic nitrogens is 1. The van der Waals surface area contributed by atoms with Gasteiger partial charge in [0.2, 0.25) is 5.88 Å². The van der Waals surface area contributed by atoms with Crippen molar-refractivity contribution >= 4 is 12.0 Å². The van der Waals surface area contributed by atoms with Gasteiger partial charge in [0, 0.05) is 23.8 Å². The van der Waals surface area contributed by atoms with Crippen LogP contribution in [0.15, 0.2) is 48.2 Å². The molecule has 0 aliphatic heterocycles. The summed E-state index contributed by atoms with van der Waals surface area (Å²) in [4.78, 5) is 16.0. The first-order valence-electron chi connectivity index (χ1n) is 8.65. The summed E-state index contributed by atoms with van der Waals surface area (Å²) in [6, 6.07) is 12.1. The average Bonchev–Trinajstić information content (AvgIpc) is 2.63. The van der Waals surface area contributed by atoms with Crippen molar-refractivity contribution in [3.05, 3.63) is 64.9 Å². The van der Waals surface area contributed by atoms with Crippen molar-refractivity contribution in [2.75, 3.05) is 13.2 Å². The molecule has 4 heteroatoms. The number of carbonyl (C=O) groups excluding carboxylic acids is 1. The molecular weight excluding hydrogens is 314 g/mol. The molecule has 0 saturated heterocycles. The van der Waals surface area contributed by atoms with Crippen LogP contribution in [0.3, 0.4) is 0 Å². The van der Waals surface area contributed by atoms with Gasteiger partial charge >= 0.3 is 5.97 Å². The fourth-order valence-corrected chi connectivity index (χ4v) is 2.39. The highest BCUT2D eigenvalue weighted by atomic mass is 16.5. The van der Waals surface area contributed by atoms with E-state index in [1.165, 1.54) is 5.56 Å². The van der Waals surface area contributed by atoms with E-state index in [9.17, 15) is 4.79 Å². The van der Waals surface area contributed by atoms with Crippen LogP contribution in [0.2, 0.25) is 0 Å². The molecule has 4 nitrogen and oxygen atoms in total. The molecule has 0 aliphatic carbocycles. The SMILES string of the molecule is CCCOc1ncccc1Cc1ccc(/C=C(\C)C(=O)OCC)cc1. The Hall–Kier alpha value is -2.62. The minimum Gasteiger partial charge on any atom is -0.477 e. The molecule has 0 spiro atoms. The maximum atomic E-state index is 11.7. The fraction of sp³-hybridized carbons (Fsp3) is 0.333. The smallest absolute Gasteiger partial charge is 0.333 e. The standard InChI is InChI=1S/C21H25NO3/c1-4-13-25-20-19(7-6-12-22-20)15-18-10-8-17(9-11-18)14-16(3)21(23)24-5-2/h6-12,14H,4-5,13,15H2,1-3H3/b16-14+. The van der Waals surface area contributed by atoms with Crippen molar-refractivity contribution in [1.82, 2.24) is 4.98 Å². The molecule has 1 heterocycles.